The molecule has 414 valence electrons. The van der Waals surface area contributed by atoms with Gasteiger partial charge in [0, 0.05) is 45.5 Å². The van der Waals surface area contributed by atoms with E-state index in [9.17, 15) is 39.6 Å². The minimum absolute atomic E-state index is 0. The molecule has 12 aliphatic rings. The summed E-state index contributed by atoms with van der Waals surface area (Å²) in [6.07, 6.45) is 36.8. The fourth-order valence-corrected chi connectivity index (χ4v) is 26.4. The Labute approximate surface area is 477 Å². The normalized spacial score (nSPS) is 48.0. The van der Waals surface area contributed by atoms with Crippen LogP contribution in [0.25, 0.3) is 0 Å². The quantitative estimate of drug-likeness (QED) is 0.123. The molecule has 74 heavy (non-hydrogen) atoms. The Morgan fingerprint density at radius 1 is 0.351 bits per heavy atom. The van der Waals surface area contributed by atoms with Crippen molar-refractivity contribution >= 4 is 68.9 Å². The van der Waals surface area contributed by atoms with Crippen molar-refractivity contribution in [1.82, 2.24) is 0 Å². The first kappa shape index (κ1) is 61.1. The van der Waals surface area contributed by atoms with Gasteiger partial charge in [-0.05, 0) is 247 Å². The zero-order valence-corrected chi connectivity index (χ0v) is 54.3. The van der Waals surface area contributed by atoms with E-state index >= 15 is 0 Å². The Morgan fingerprint density at radius 2 is 0.554 bits per heavy atom. The van der Waals surface area contributed by atoms with E-state index in [1.807, 2.05) is 27.7 Å². The molecule has 12 fully saturated rings. The molecule has 0 aromatic heterocycles. The largest absolute Gasteiger partial charge is 2.00 e. The van der Waals surface area contributed by atoms with Crippen molar-refractivity contribution in [2.75, 3.05) is 0 Å². The summed E-state index contributed by atoms with van der Waals surface area (Å²) < 4.78 is 3.25. The predicted octanol–water partition coefficient (Wildman–Crippen LogP) is 11.2. The predicted molar refractivity (Wildman–Crippen MR) is 289 cm³/mol. The van der Waals surface area contributed by atoms with Crippen molar-refractivity contribution in [3.05, 3.63) is 0 Å². The van der Waals surface area contributed by atoms with E-state index < -0.39 is 45.5 Å². The monoisotopic (exact) mass is 1240 g/mol. The molecule has 8 nitrogen and oxygen atoms in total. The molecule has 12 rings (SSSR count). The maximum atomic E-state index is 11.6. The third kappa shape index (κ3) is 7.51. The van der Waals surface area contributed by atoms with E-state index in [4.69, 9.17) is 0 Å². The molecule has 0 aromatic rings. The summed E-state index contributed by atoms with van der Waals surface area (Å²) in [7, 11) is 0. The minimum atomic E-state index is -0.764. The van der Waals surface area contributed by atoms with Gasteiger partial charge in [-0.15, -0.1) is 0 Å². The summed E-state index contributed by atoms with van der Waals surface area (Å²) in [5.41, 5.74) is 0.193. The molecule has 2 radical (unpaired) electrons. The molecule has 0 heterocycles. The van der Waals surface area contributed by atoms with E-state index in [2.05, 4.69) is 41.5 Å². The number of carboxylic acid groups (broad SMARTS) is 4. The molecule has 16 unspecified atom stereocenters. The van der Waals surface area contributed by atoms with Crippen LogP contribution in [0, 0.1) is 88.7 Å². The van der Waals surface area contributed by atoms with Crippen LogP contribution in [0.5, 0.6) is 0 Å². The van der Waals surface area contributed by atoms with Gasteiger partial charge in [-0.3, -0.25) is 0 Å². The maximum absolute atomic E-state index is 11.6. The Kier molecular flexibility index (Phi) is 18.0. The van der Waals surface area contributed by atoms with Crippen molar-refractivity contribution in [3.8, 4) is 0 Å². The van der Waals surface area contributed by atoms with Crippen molar-refractivity contribution in [2.24, 2.45) is 88.7 Å². The first-order chi connectivity index (χ1) is 34.6. The molecule has 12 aliphatic carbocycles. The number of carbonyl (C=O) groups excluding carboxylic acids is 4. The molecule has 10 heteroatoms. The summed E-state index contributed by atoms with van der Waals surface area (Å²) in [6.45, 7) is 22.0. The van der Waals surface area contributed by atoms with E-state index in [1.54, 1.807) is 8.87 Å². The molecular weight excluding hydrogens is 1130 g/mol. The molecule has 0 N–H and O–H groups in total. The van der Waals surface area contributed by atoms with Gasteiger partial charge in [-0.2, -0.15) is 0 Å². The van der Waals surface area contributed by atoms with Gasteiger partial charge in [0.05, 0.1) is 0 Å². The van der Waals surface area contributed by atoms with Gasteiger partial charge in [0.1, 0.15) is 0 Å². The fraction of sp³-hybridized carbons (Fsp3) is 0.938. The Hall–Kier alpha value is -0.523. The number of hydrogen-bond acceptors (Lipinski definition) is 8. The molecule has 8 spiro atoms. The van der Waals surface area contributed by atoms with Crippen LogP contribution >= 0.6 is 0 Å². The number of carbonyl (C=O) groups is 4. The second-order valence-electron chi connectivity index (χ2n) is 28.1. The molecule has 0 saturated heterocycles. The number of aliphatic carboxylic acids is 4. The molecule has 0 aliphatic heterocycles. The number of carboxylic acids is 4. The van der Waals surface area contributed by atoms with Crippen LogP contribution < -0.4 is 20.4 Å². The molecule has 0 amide bonds. The Balaban J connectivity index is 0.000000136. The van der Waals surface area contributed by atoms with Crippen LogP contribution in [0.3, 0.4) is 0 Å². The van der Waals surface area contributed by atoms with Crippen LogP contribution in [-0.4, -0.2) is 68.9 Å². The number of unbranched alkanes of at least 4 members (excludes halogenated alkanes) is 2. The second kappa shape index (κ2) is 21.8. The van der Waals surface area contributed by atoms with Gasteiger partial charge >= 0.3 is 93.5 Å². The van der Waals surface area contributed by atoms with Gasteiger partial charge < -0.3 is 39.6 Å². The van der Waals surface area contributed by atoms with Gasteiger partial charge in [-0.25, -0.2) is 0 Å². The summed E-state index contributed by atoms with van der Waals surface area (Å²) in [4.78, 5) is 46.3. The van der Waals surface area contributed by atoms with E-state index in [1.165, 1.54) is 103 Å². The summed E-state index contributed by atoms with van der Waals surface area (Å²) >= 11 is 0.149. The van der Waals surface area contributed by atoms with Gasteiger partial charge in [0.25, 0.3) is 0 Å². The zero-order valence-electron chi connectivity index (χ0n) is 48.6. The fourth-order valence-electron chi connectivity index (χ4n) is 22.3. The summed E-state index contributed by atoms with van der Waals surface area (Å²) in [5.74, 6) is -0.0880. The van der Waals surface area contributed by atoms with E-state index in [0.717, 1.165) is 126 Å². The van der Waals surface area contributed by atoms with E-state index in [-0.39, 0.29) is 66.7 Å². The topological polar surface area (TPSA) is 161 Å². The minimum Gasteiger partial charge on any atom is 2.00 e. The van der Waals surface area contributed by atoms with Crippen LogP contribution in [0.15, 0.2) is 0 Å². The Bertz CT molecular complexity index is 1760. The average Bonchev–Trinajstić information content (AvgIpc) is 3.26. The molecule has 16 atom stereocenters. The van der Waals surface area contributed by atoms with Crippen molar-refractivity contribution in [2.45, 2.75) is 284 Å². The van der Waals surface area contributed by atoms with E-state index in [0.29, 0.717) is 21.7 Å². The van der Waals surface area contributed by atoms with Gasteiger partial charge in [0.2, 0.25) is 0 Å². The maximum Gasteiger partial charge on any atom is 2.00 e. The summed E-state index contributed by atoms with van der Waals surface area (Å²) in [6, 6.07) is 0. The first-order valence-corrected chi connectivity index (χ1v) is 35.2. The average molecular weight is 1240 g/mol. The van der Waals surface area contributed by atoms with Crippen molar-refractivity contribution in [3.63, 3.8) is 0 Å². The van der Waals surface area contributed by atoms with Crippen LogP contribution in [0.4, 0.5) is 0 Å². The number of fused-ring (bicyclic) bond motifs is 4. The second-order valence-corrected chi connectivity index (χ2v) is 32.3. The standard InChI is InChI=1S/4C14H22O2.2C4H9.2Sn/c4*1-3-12(11(15)16)6-8-14(12)9-7-13(14)5-4-10(13)2;2*1-3-4-2;;/h4*10H,3-9H2,1-2H3,(H,15,16);2*1,3-4H2,2H3;;/q;;;;;;2*+2/p-4. The van der Waals surface area contributed by atoms with Crippen molar-refractivity contribution in [1.29, 1.82) is 0 Å². The number of rotatable bonds is 14. The zero-order chi connectivity index (χ0) is 53.4. The van der Waals surface area contributed by atoms with Crippen LogP contribution in [-0.2, 0) is 19.2 Å². The third-order valence-electron chi connectivity index (χ3n) is 28.6. The molecular formula is C64H102O8Sn2. The van der Waals surface area contributed by atoms with Gasteiger partial charge in [0.15, 0.2) is 0 Å². The van der Waals surface area contributed by atoms with Gasteiger partial charge in [-0.1, -0.05) is 55.4 Å². The smallest absolute Gasteiger partial charge is 2.00 e. The number of hydrogen-bond donors (Lipinski definition) is 0. The third-order valence-corrected chi connectivity index (χ3v) is 32.7. The van der Waals surface area contributed by atoms with Crippen LogP contribution in [0.2, 0.25) is 8.87 Å². The van der Waals surface area contributed by atoms with Crippen molar-refractivity contribution < 1.29 is 39.6 Å². The molecule has 12 saturated carbocycles. The first-order valence-electron chi connectivity index (χ1n) is 31.2. The summed E-state index contributed by atoms with van der Waals surface area (Å²) in [5, 5.41) is 46.3. The molecule has 0 aromatic carbocycles. The van der Waals surface area contributed by atoms with Crippen LogP contribution in [0.1, 0.15) is 275 Å². The SMILES string of the molecule is CCC1(C(=O)[O-])CCC12CCC21CCC1C.CCC1(C(=O)[O-])CCC12CCC21CCC1C.CCC1(C(=O)[O-])CCC12CCC21CCC1C.CCC1(C(=O)[O-])CCC12CCC21CCC1C.CCC[CH2][Sn+2][CH2]CCC.[Sn+2]. The molecule has 0 bridgehead atoms. The Morgan fingerprint density at radius 3 is 0.635 bits per heavy atom.